The Labute approximate surface area is 132 Å². The number of hydrogen-bond donors (Lipinski definition) is 1. The van der Waals surface area contributed by atoms with Gasteiger partial charge in [0.25, 0.3) is 0 Å². The highest BCUT2D eigenvalue weighted by molar-refractivity contribution is 7.09. The lowest BCUT2D eigenvalue weighted by Crippen LogP contribution is -2.56. The first kappa shape index (κ1) is 15.4. The molecule has 5 heteroatoms. The van der Waals surface area contributed by atoms with Crippen LogP contribution in [-0.2, 0) is 13.1 Å². The highest BCUT2D eigenvalue weighted by Crippen LogP contribution is 2.36. The second-order valence-corrected chi connectivity index (χ2v) is 7.98. The van der Waals surface area contributed by atoms with Crippen molar-refractivity contribution in [3.8, 4) is 0 Å². The Morgan fingerprint density at radius 1 is 1.33 bits per heavy atom. The molecule has 1 heterocycles. The van der Waals surface area contributed by atoms with E-state index in [0.29, 0.717) is 5.54 Å². The van der Waals surface area contributed by atoms with Gasteiger partial charge in [0.2, 0.25) is 0 Å². The molecule has 0 atom stereocenters. The molecule has 0 bridgehead atoms. The molecule has 0 unspecified atom stereocenters. The molecule has 0 aliphatic heterocycles. The molecule has 1 aromatic heterocycles. The highest BCUT2D eigenvalue weighted by Gasteiger charge is 2.39. The number of nitrogens with zero attached hydrogens (tertiary/aromatic N) is 3. The van der Waals surface area contributed by atoms with Gasteiger partial charge in [-0.15, -0.1) is 11.3 Å². The Hall–Kier alpha value is -0.490. The van der Waals surface area contributed by atoms with Crippen molar-refractivity contribution >= 4 is 11.3 Å². The molecule has 3 rings (SSSR count). The molecule has 2 aliphatic carbocycles. The van der Waals surface area contributed by atoms with Crippen LogP contribution >= 0.6 is 11.3 Å². The Kier molecular flexibility index (Phi) is 4.64. The standard InChI is InChI=1S/C16H28N4S/c1-19(2)16(7-4-8-16)12-20(3)10-14-11-21-15(18-14)9-17-13-5-6-13/h11,13,17H,4-10,12H2,1-3H3. The van der Waals surface area contributed by atoms with Crippen molar-refractivity contribution in [3.63, 3.8) is 0 Å². The van der Waals surface area contributed by atoms with Crippen LogP contribution in [0.2, 0.25) is 0 Å². The monoisotopic (exact) mass is 308 g/mol. The fourth-order valence-electron chi connectivity index (χ4n) is 3.19. The van der Waals surface area contributed by atoms with Gasteiger partial charge in [-0.1, -0.05) is 0 Å². The summed E-state index contributed by atoms with van der Waals surface area (Å²) in [5.74, 6) is 0. The summed E-state index contributed by atoms with van der Waals surface area (Å²) in [6.45, 7) is 3.06. The summed E-state index contributed by atoms with van der Waals surface area (Å²) in [7, 11) is 6.67. The summed E-state index contributed by atoms with van der Waals surface area (Å²) in [4.78, 5) is 9.62. The van der Waals surface area contributed by atoms with Gasteiger partial charge < -0.3 is 10.2 Å². The van der Waals surface area contributed by atoms with Crippen LogP contribution in [0.5, 0.6) is 0 Å². The second-order valence-electron chi connectivity index (χ2n) is 7.03. The molecular formula is C16H28N4S. The average Bonchev–Trinajstić information content (AvgIpc) is 3.12. The molecule has 0 spiro atoms. The minimum absolute atomic E-state index is 0.404. The van der Waals surface area contributed by atoms with Gasteiger partial charge in [0.15, 0.2) is 0 Å². The molecule has 2 aliphatic rings. The van der Waals surface area contributed by atoms with Crippen LogP contribution in [0.4, 0.5) is 0 Å². The van der Waals surface area contributed by atoms with Crippen LogP contribution in [0.25, 0.3) is 0 Å². The Balaban J connectivity index is 1.48. The van der Waals surface area contributed by atoms with Crippen LogP contribution in [0, 0.1) is 0 Å². The van der Waals surface area contributed by atoms with E-state index in [0.717, 1.165) is 25.7 Å². The molecule has 118 valence electrons. The van der Waals surface area contributed by atoms with Gasteiger partial charge in [-0.2, -0.15) is 0 Å². The van der Waals surface area contributed by atoms with Crippen molar-refractivity contribution in [1.82, 2.24) is 20.1 Å². The number of hydrogen-bond acceptors (Lipinski definition) is 5. The van der Waals surface area contributed by atoms with E-state index < -0.39 is 0 Å². The quantitative estimate of drug-likeness (QED) is 0.798. The number of aromatic nitrogens is 1. The number of thiazole rings is 1. The lowest BCUT2D eigenvalue weighted by Gasteiger charge is -2.49. The van der Waals surface area contributed by atoms with E-state index in [-0.39, 0.29) is 0 Å². The lowest BCUT2D eigenvalue weighted by atomic mass is 9.75. The Morgan fingerprint density at radius 2 is 2.10 bits per heavy atom. The smallest absolute Gasteiger partial charge is 0.107 e. The normalized spacial score (nSPS) is 21.0. The largest absolute Gasteiger partial charge is 0.308 e. The maximum atomic E-state index is 4.77. The summed E-state index contributed by atoms with van der Waals surface area (Å²) < 4.78 is 0. The predicted molar refractivity (Wildman–Crippen MR) is 88.6 cm³/mol. The van der Waals surface area contributed by atoms with Crippen LogP contribution in [-0.4, -0.2) is 54.1 Å². The molecule has 2 saturated carbocycles. The summed E-state index contributed by atoms with van der Waals surface area (Å²) in [5, 5.41) is 7.00. The van der Waals surface area contributed by atoms with Gasteiger partial charge in [0, 0.05) is 36.6 Å². The average molecular weight is 308 g/mol. The zero-order valence-corrected chi connectivity index (χ0v) is 14.4. The van der Waals surface area contributed by atoms with E-state index in [2.05, 4.69) is 41.6 Å². The van der Waals surface area contributed by atoms with Crippen molar-refractivity contribution < 1.29 is 0 Å². The third-order valence-corrected chi connectivity index (χ3v) is 5.85. The zero-order chi connectivity index (χ0) is 14.9. The number of likely N-dealkylation sites (N-methyl/N-ethyl adjacent to an activating group) is 2. The van der Waals surface area contributed by atoms with Gasteiger partial charge >= 0.3 is 0 Å². The summed E-state index contributed by atoms with van der Waals surface area (Å²) in [6.07, 6.45) is 6.72. The summed E-state index contributed by atoms with van der Waals surface area (Å²) >= 11 is 1.79. The van der Waals surface area contributed by atoms with E-state index in [1.54, 1.807) is 11.3 Å². The number of rotatable bonds is 8. The van der Waals surface area contributed by atoms with Gasteiger partial charge in [-0.3, -0.25) is 4.90 Å². The molecule has 0 saturated heterocycles. The highest BCUT2D eigenvalue weighted by atomic mass is 32.1. The first-order chi connectivity index (χ1) is 10.1. The maximum absolute atomic E-state index is 4.77. The fourth-order valence-corrected chi connectivity index (χ4v) is 3.92. The van der Waals surface area contributed by atoms with Crippen molar-refractivity contribution in [2.75, 3.05) is 27.7 Å². The van der Waals surface area contributed by atoms with Gasteiger partial charge in [-0.05, 0) is 53.2 Å². The zero-order valence-electron chi connectivity index (χ0n) is 13.6. The Morgan fingerprint density at radius 3 is 2.67 bits per heavy atom. The third kappa shape index (κ3) is 3.83. The fraction of sp³-hybridized carbons (Fsp3) is 0.812. The molecule has 4 nitrogen and oxygen atoms in total. The van der Waals surface area contributed by atoms with Crippen molar-refractivity contribution in [2.24, 2.45) is 0 Å². The number of nitrogens with one attached hydrogen (secondary N) is 1. The SMILES string of the molecule is CN(Cc1csc(CNC2CC2)n1)CC1(N(C)C)CCC1. The lowest BCUT2D eigenvalue weighted by molar-refractivity contribution is 0.0256. The van der Waals surface area contributed by atoms with Gasteiger partial charge in [-0.25, -0.2) is 4.98 Å². The maximum Gasteiger partial charge on any atom is 0.107 e. The van der Waals surface area contributed by atoms with Gasteiger partial charge in [0.1, 0.15) is 5.01 Å². The summed E-state index contributed by atoms with van der Waals surface area (Å²) in [6, 6.07) is 0.763. The van der Waals surface area contributed by atoms with E-state index >= 15 is 0 Å². The van der Waals surface area contributed by atoms with Crippen LogP contribution < -0.4 is 5.32 Å². The van der Waals surface area contributed by atoms with E-state index in [4.69, 9.17) is 4.98 Å². The topological polar surface area (TPSA) is 31.4 Å². The molecular weight excluding hydrogens is 280 g/mol. The second kappa shape index (κ2) is 6.32. The minimum atomic E-state index is 0.404. The van der Waals surface area contributed by atoms with Crippen LogP contribution in [0.15, 0.2) is 5.38 Å². The molecule has 0 aromatic carbocycles. The van der Waals surface area contributed by atoms with Crippen molar-refractivity contribution in [1.29, 1.82) is 0 Å². The predicted octanol–water partition coefficient (Wildman–Crippen LogP) is 2.31. The van der Waals surface area contributed by atoms with Crippen molar-refractivity contribution in [3.05, 3.63) is 16.1 Å². The Bertz CT molecular complexity index is 463. The van der Waals surface area contributed by atoms with Crippen LogP contribution in [0.3, 0.4) is 0 Å². The minimum Gasteiger partial charge on any atom is -0.308 e. The summed E-state index contributed by atoms with van der Waals surface area (Å²) in [5.41, 5.74) is 1.63. The molecule has 1 aromatic rings. The van der Waals surface area contributed by atoms with E-state index in [9.17, 15) is 0 Å². The molecule has 0 amide bonds. The first-order valence-electron chi connectivity index (χ1n) is 8.10. The third-order valence-electron chi connectivity index (χ3n) is 4.95. The first-order valence-corrected chi connectivity index (χ1v) is 8.98. The molecule has 1 N–H and O–H groups in total. The molecule has 2 fully saturated rings. The van der Waals surface area contributed by atoms with E-state index in [1.165, 1.54) is 42.8 Å². The van der Waals surface area contributed by atoms with Crippen LogP contribution in [0.1, 0.15) is 42.8 Å². The molecule has 21 heavy (non-hydrogen) atoms. The van der Waals surface area contributed by atoms with Crippen molar-refractivity contribution in [2.45, 2.75) is 56.8 Å². The van der Waals surface area contributed by atoms with Gasteiger partial charge in [0.05, 0.1) is 5.69 Å². The molecule has 0 radical (unpaired) electrons. The van der Waals surface area contributed by atoms with E-state index in [1.807, 2.05) is 0 Å².